The van der Waals surface area contributed by atoms with Gasteiger partial charge in [-0.25, -0.2) is 0 Å². The zero-order valence-electron chi connectivity index (χ0n) is 11.0. The van der Waals surface area contributed by atoms with Gasteiger partial charge in [-0.05, 0) is 46.7 Å². The van der Waals surface area contributed by atoms with Crippen molar-refractivity contribution >= 4 is 21.8 Å². The number of piperidine rings is 1. The second-order valence-electron chi connectivity index (χ2n) is 5.74. The van der Waals surface area contributed by atoms with Gasteiger partial charge in [-0.1, -0.05) is 19.3 Å². The lowest BCUT2D eigenvalue weighted by Gasteiger charge is -2.41. The SMILES string of the molecule is O=C(c1cncc(Br)c1)N1CC[C@H]2CCCC[C@@H]2C1. The summed E-state index contributed by atoms with van der Waals surface area (Å²) in [4.78, 5) is 18.6. The summed E-state index contributed by atoms with van der Waals surface area (Å²) < 4.78 is 0.867. The van der Waals surface area contributed by atoms with E-state index in [1.165, 1.54) is 32.1 Å². The lowest BCUT2D eigenvalue weighted by Crippen LogP contribution is -2.44. The molecule has 1 aromatic rings. The molecule has 0 aromatic carbocycles. The zero-order chi connectivity index (χ0) is 13.2. The van der Waals surface area contributed by atoms with E-state index in [-0.39, 0.29) is 5.91 Å². The second-order valence-corrected chi connectivity index (χ2v) is 6.65. The summed E-state index contributed by atoms with van der Waals surface area (Å²) in [5.74, 6) is 1.72. The van der Waals surface area contributed by atoms with Crippen molar-refractivity contribution in [1.29, 1.82) is 0 Å². The number of carbonyl (C=O) groups is 1. The molecule has 0 N–H and O–H groups in total. The van der Waals surface area contributed by atoms with Crippen molar-refractivity contribution in [2.24, 2.45) is 11.8 Å². The predicted molar refractivity (Wildman–Crippen MR) is 77.9 cm³/mol. The van der Waals surface area contributed by atoms with Crippen LogP contribution in [-0.2, 0) is 0 Å². The Balaban J connectivity index is 1.71. The molecule has 2 aliphatic rings. The van der Waals surface area contributed by atoms with Gasteiger partial charge in [-0.2, -0.15) is 0 Å². The number of likely N-dealkylation sites (tertiary alicyclic amines) is 1. The highest BCUT2D eigenvalue weighted by Crippen LogP contribution is 2.36. The van der Waals surface area contributed by atoms with Gasteiger partial charge in [-0.15, -0.1) is 0 Å². The molecule has 2 fully saturated rings. The largest absolute Gasteiger partial charge is 0.338 e. The monoisotopic (exact) mass is 322 g/mol. The molecule has 2 heterocycles. The highest BCUT2D eigenvalue weighted by molar-refractivity contribution is 9.10. The van der Waals surface area contributed by atoms with E-state index in [1.54, 1.807) is 12.4 Å². The Hall–Kier alpha value is -0.900. The van der Waals surface area contributed by atoms with Crippen molar-refractivity contribution in [2.75, 3.05) is 13.1 Å². The van der Waals surface area contributed by atoms with Crippen molar-refractivity contribution in [3.05, 3.63) is 28.5 Å². The minimum Gasteiger partial charge on any atom is -0.338 e. The fourth-order valence-electron chi connectivity index (χ4n) is 3.50. The molecule has 102 valence electrons. The van der Waals surface area contributed by atoms with Gasteiger partial charge in [-0.3, -0.25) is 9.78 Å². The topological polar surface area (TPSA) is 33.2 Å². The summed E-state index contributed by atoms with van der Waals surface area (Å²) in [6, 6.07) is 1.86. The Morgan fingerprint density at radius 1 is 1.21 bits per heavy atom. The van der Waals surface area contributed by atoms with E-state index < -0.39 is 0 Å². The quantitative estimate of drug-likeness (QED) is 0.792. The normalized spacial score (nSPS) is 26.9. The third-order valence-electron chi connectivity index (χ3n) is 4.53. The Bertz CT molecular complexity index is 477. The molecule has 4 heteroatoms. The minimum absolute atomic E-state index is 0.137. The standard InChI is InChI=1S/C15H19BrN2O/c16-14-7-13(8-17-9-14)15(19)18-6-5-11-3-1-2-4-12(11)10-18/h7-9,11-12H,1-6,10H2/t11-,12-/m1/s1. The third-order valence-corrected chi connectivity index (χ3v) is 4.96. The van der Waals surface area contributed by atoms with Crippen LogP contribution in [0.2, 0.25) is 0 Å². The number of amides is 1. The second kappa shape index (κ2) is 5.61. The zero-order valence-corrected chi connectivity index (χ0v) is 12.6. The minimum atomic E-state index is 0.137. The molecule has 0 spiro atoms. The highest BCUT2D eigenvalue weighted by atomic mass is 79.9. The number of pyridine rings is 1. The van der Waals surface area contributed by atoms with Crippen molar-refractivity contribution in [1.82, 2.24) is 9.88 Å². The summed E-state index contributed by atoms with van der Waals surface area (Å²) in [6.07, 6.45) is 9.94. The highest BCUT2D eigenvalue weighted by Gasteiger charge is 2.33. The first kappa shape index (κ1) is 13.1. The number of nitrogens with zero attached hydrogens (tertiary/aromatic N) is 2. The maximum atomic E-state index is 12.5. The van der Waals surface area contributed by atoms with Crippen LogP contribution in [-0.4, -0.2) is 28.9 Å². The van der Waals surface area contributed by atoms with E-state index in [0.29, 0.717) is 5.56 Å². The lowest BCUT2D eigenvalue weighted by atomic mass is 9.75. The molecule has 3 nitrogen and oxygen atoms in total. The molecule has 1 aliphatic heterocycles. The first-order valence-corrected chi connectivity index (χ1v) is 7.93. The Morgan fingerprint density at radius 3 is 2.79 bits per heavy atom. The van der Waals surface area contributed by atoms with E-state index in [9.17, 15) is 4.79 Å². The van der Waals surface area contributed by atoms with Crippen LogP contribution in [0.4, 0.5) is 0 Å². The van der Waals surface area contributed by atoms with E-state index in [4.69, 9.17) is 0 Å². The van der Waals surface area contributed by atoms with Gasteiger partial charge in [0.1, 0.15) is 0 Å². The maximum Gasteiger partial charge on any atom is 0.255 e. The van der Waals surface area contributed by atoms with Crippen molar-refractivity contribution < 1.29 is 4.79 Å². The molecule has 0 bridgehead atoms. The van der Waals surface area contributed by atoms with Crippen molar-refractivity contribution in [3.63, 3.8) is 0 Å². The molecule has 0 radical (unpaired) electrons. The average Bonchev–Trinajstić information content (AvgIpc) is 2.46. The molecular weight excluding hydrogens is 304 g/mol. The van der Waals surface area contributed by atoms with Gasteiger partial charge in [0.05, 0.1) is 5.56 Å². The Morgan fingerprint density at radius 2 is 2.00 bits per heavy atom. The lowest BCUT2D eigenvalue weighted by molar-refractivity contribution is 0.0520. The third kappa shape index (κ3) is 2.83. The average molecular weight is 323 g/mol. The molecule has 3 rings (SSSR count). The summed E-state index contributed by atoms with van der Waals surface area (Å²) in [5, 5.41) is 0. The summed E-state index contributed by atoms with van der Waals surface area (Å²) in [5.41, 5.74) is 0.698. The summed E-state index contributed by atoms with van der Waals surface area (Å²) in [6.45, 7) is 1.85. The number of aromatic nitrogens is 1. The molecule has 1 amide bonds. The van der Waals surface area contributed by atoms with E-state index in [2.05, 4.69) is 20.9 Å². The smallest absolute Gasteiger partial charge is 0.255 e. The molecule has 1 aromatic heterocycles. The summed E-state index contributed by atoms with van der Waals surface area (Å²) >= 11 is 3.38. The van der Waals surface area contributed by atoms with Crippen LogP contribution in [0.25, 0.3) is 0 Å². The molecular formula is C15H19BrN2O. The molecule has 1 saturated heterocycles. The van der Waals surface area contributed by atoms with Gasteiger partial charge >= 0.3 is 0 Å². The molecule has 0 unspecified atom stereocenters. The molecule has 19 heavy (non-hydrogen) atoms. The first-order valence-electron chi connectivity index (χ1n) is 7.14. The molecule has 1 saturated carbocycles. The van der Waals surface area contributed by atoms with Crippen LogP contribution in [0.1, 0.15) is 42.5 Å². The van der Waals surface area contributed by atoms with Gasteiger partial charge < -0.3 is 4.90 Å². The van der Waals surface area contributed by atoms with Crippen LogP contribution in [0.15, 0.2) is 22.9 Å². The van der Waals surface area contributed by atoms with E-state index in [1.807, 2.05) is 11.0 Å². The van der Waals surface area contributed by atoms with Gasteiger partial charge in [0.2, 0.25) is 0 Å². The molecule has 1 aliphatic carbocycles. The summed E-state index contributed by atoms with van der Waals surface area (Å²) in [7, 11) is 0. The van der Waals surface area contributed by atoms with Gasteiger partial charge in [0.25, 0.3) is 5.91 Å². The fraction of sp³-hybridized carbons (Fsp3) is 0.600. The van der Waals surface area contributed by atoms with Gasteiger partial charge in [0.15, 0.2) is 0 Å². The Labute approximate surface area is 122 Å². The number of hydrogen-bond donors (Lipinski definition) is 0. The molecule has 2 atom stereocenters. The number of carbonyl (C=O) groups excluding carboxylic acids is 1. The maximum absolute atomic E-state index is 12.5. The number of rotatable bonds is 1. The predicted octanol–water partition coefficient (Wildman–Crippen LogP) is 3.50. The fourth-order valence-corrected chi connectivity index (χ4v) is 3.86. The van der Waals surface area contributed by atoms with E-state index >= 15 is 0 Å². The van der Waals surface area contributed by atoms with Gasteiger partial charge in [0, 0.05) is 30.0 Å². The van der Waals surface area contributed by atoms with Crippen LogP contribution in [0.3, 0.4) is 0 Å². The van der Waals surface area contributed by atoms with E-state index in [0.717, 1.165) is 29.4 Å². The van der Waals surface area contributed by atoms with Crippen LogP contribution < -0.4 is 0 Å². The van der Waals surface area contributed by atoms with Crippen LogP contribution in [0, 0.1) is 11.8 Å². The van der Waals surface area contributed by atoms with Crippen molar-refractivity contribution in [3.8, 4) is 0 Å². The van der Waals surface area contributed by atoms with Crippen LogP contribution >= 0.6 is 15.9 Å². The number of fused-ring (bicyclic) bond motifs is 1. The van der Waals surface area contributed by atoms with Crippen LogP contribution in [0.5, 0.6) is 0 Å². The number of hydrogen-bond acceptors (Lipinski definition) is 2. The first-order chi connectivity index (χ1) is 9.24. The van der Waals surface area contributed by atoms with Crippen molar-refractivity contribution in [2.45, 2.75) is 32.1 Å². The Kier molecular flexibility index (Phi) is 3.87. The number of halogens is 1.